The Hall–Kier alpha value is -2.27. The third-order valence-electron chi connectivity index (χ3n) is 4.20. The molecule has 9 nitrogen and oxygen atoms in total. The largest absolute Gasteiger partial charge is 0.461 e. The summed E-state index contributed by atoms with van der Waals surface area (Å²) >= 11 is 6.22. The molecule has 2 heterocycles. The fraction of sp³-hybridized carbons (Fsp3) is 0.400. The van der Waals surface area contributed by atoms with Crippen molar-refractivity contribution in [2.24, 2.45) is 7.05 Å². The van der Waals surface area contributed by atoms with E-state index in [4.69, 9.17) is 21.4 Å². The molecule has 0 aliphatic heterocycles. The van der Waals surface area contributed by atoms with Gasteiger partial charge in [-0.15, -0.1) is 0 Å². The smallest absolute Gasteiger partial charge is 0.226 e. The maximum atomic E-state index is 9.90. The van der Waals surface area contributed by atoms with Crippen molar-refractivity contribution in [1.82, 2.24) is 14.5 Å². The third-order valence-corrected chi connectivity index (χ3v) is 4.50. The maximum Gasteiger partial charge on any atom is 0.226 e. The highest BCUT2D eigenvalue weighted by molar-refractivity contribution is 6.32. The zero-order chi connectivity index (χ0) is 22.4. The number of aryl methyl sites for hydroxylation is 1. The first-order valence-corrected chi connectivity index (χ1v) is 9.64. The molecule has 30 heavy (non-hydrogen) atoms. The first-order chi connectivity index (χ1) is 14.2. The Balaban J connectivity index is 0.00000101. The summed E-state index contributed by atoms with van der Waals surface area (Å²) in [5.41, 5.74) is 3.09. The fourth-order valence-corrected chi connectivity index (χ4v) is 2.83. The minimum atomic E-state index is -1.76. The number of hydrogen-bond acceptors (Lipinski definition) is 8. The molecule has 10 heteroatoms. The summed E-state index contributed by atoms with van der Waals surface area (Å²) in [6, 6.07) is 6.77. The van der Waals surface area contributed by atoms with Crippen molar-refractivity contribution < 1.29 is 30.3 Å². The number of pyridine rings is 1. The minimum absolute atomic E-state index is 0.122. The average molecular weight is 440 g/mol. The number of aromatic nitrogens is 3. The van der Waals surface area contributed by atoms with Crippen LogP contribution in [-0.4, -0.2) is 71.3 Å². The number of rotatable bonds is 6. The van der Waals surface area contributed by atoms with E-state index in [1.54, 1.807) is 31.6 Å². The molecular formula is C20H26ClN3O6. The van der Waals surface area contributed by atoms with Gasteiger partial charge >= 0.3 is 0 Å². The van der Waals surface area contributed by atoms with E-state index in [1.807, 2.05) is 17.7 Å². The molecule has 0 amide bonds. The van der Waals surface area contributed by atoms with Crippen LogP contribution < -0.4 is 4.74 Å². The van der Waals surface area contributed by atoms with Crippen molar-refractivity contribution >= 4 is 22.8 Å². The van der Waals surface area contributed by atoms with Crippen molar-refractivity contribution in [3.63, 3.8) is 0 Å². The van der Waals surface area contributed by atoms with Crippen molar-refractivity contribution in [1.29, 1.82) is 0 Å². The van der Waals surface area contributed by atoms with Crippen LogP contribution in [-0.2, 0) is 7.05 Å². The van der Waals surface area contributed by atoms with Crippen LogP contribution in [0.5, 0.6) is 5.75 Å². The van der Waals surface area contributed by atoms with Crippen LogP contribution in [0.3, 0.4) is 0 Å². The van der Waals surface area contributed by atoms with Crippen molar-refractivity contribution in [3.05, 3.63) is 41.8 Å². The molecule has 4 unspecified atom stereocenters. The lowest BCUT2D eigenvalue weighted by atomic mass is 10.1. The highest BCUT2D eigenvalue weighted by Gasteiger charge is 2.30. The summed E-state index contributed by atoms with van der Waals surface area (Å²) in [6.45, 7) is 3.22. The van der Waals surface area contributed by atoms with Gasteiger partial charge in [-0.25, -0.2) is 9.97 Å². The number of halogens is 1. The summed E-state index contributed by atoms with van der Waals surface area (Å²) in [5, 5.41) is 46.4. The molecule has 1 aromatic carbocycles. The summed E-state index contributed by atoms with van der Waals surface area (Å²) in [6.07, 6.45) is -2.87. The lowest BCUT2D eigenvalue weighted by Gasteiger charge is -2.25. The molecule has 3 aromatic rings. The zero-order valence-corrected chi connectivity index (χ0v) is 17.6. The molecule has 2 aromatic heterocycles. The molecule has 0 saturated carbocycles. The lowest BCUT2D eigenvalue weighted by molar-refractivity contribution is -0.162. The van der Waals surface area contributed by atoms with Gasteiger partial charge in [0.1, 0.15) is 23.5 Å². The van der Waals surface area contributed by atoms with Crippen LogP contribution in [0.1, 0.15) is 13.8 Å². The molecule has 0 bridgehead atoms. The van der Waals surface area contributed by atoms with E-state index in [1.165, 1.54) is 13.0 Å². The van der Waals surface area contributed by atoms with Crippen molar-refractivity contribution in [2.45, 2.75) is 38.4 Å². The van der Waals surface area contributed by atoms with Crippen LogP contribution in [0.15, 0.2) is 36.8 Å². The second kappa shape index (κ2) is 10.7. The van der Waals surface area contributed by atoms with Gasteiger partial charge < -0.3 is 34.8 Å². The van der Waals surface area contributed by atoms with Gasteiger partial charge in [-0.2, -0.15) is 0 Å². The molecule has 0 fully saturated rings. The number of aliphatic hydroxyl groups excluding tert-OH is 5. The van der Waals surface area contributed by atoms with Crippen molar-refractivity contribution in [2.75, 3.05) is 6.61 Å². The lowest BCUT2D eigenvalue weighted by Crippen LogP contribution is -2.45. The Morgan fingerprint density at radius 3 is 2.33 bits per heavy atom. The minimum Gasteiger partial charge on any atom is -0.461 e. The molecular weight excluding hydrogens is 414 g/mol. The summed E-state index contributed by atoms with van der Waals surface area (Å²) in [7, 11) is 1.86. The van der Waals surface area contributed by atoms with Crippen molar-refractivity contribution in [3.8, 4) is 16.9 Å². The quantitative estimate of drug-likeness (QED) is 0.359. The topological polar surface area (TPSA) is 141 Å². The number of benzene rings is 1. The molecule has 5 N–H and O–H groups in total. The van der Waals surface area contributed by atoms with Gasteiger partial charge in [0.25, 0.3) is 0 Å². The van der Waals surface area contributed by atoms with Crippen LogP contribution in [0.2, 0.25) is 5.02 Å². The molecule has 0 spiro atoms. The fourth-order valence-electron chi connectivity index (χ4n) is 2.60. The SMILES string of the molecule is CC(O)C(O)C(O)C(O)Oc1ccc(-c2cnc3c(c2)ncn3C)cc1Cl.CCO. The zero-order valence-electron chi connectivity index (χ0n) is 16.8. The average Bonchev–Trinajstić information content (AvgIpc) is 3.09. The third kappa shape index (κ3) is 5.66. The monoisotopic (exact) mass is 439 g/mol. The molecule has 4 atom stereocenters. The van der Waals surface area contributed by atoms with Gasteiger partial charge in [-0.05, 0) is 37.6 Å². The number of hydrogen-bond donors (Lipinski definition) is 5. The van der Waals surface area contributed by atoms with E-state index in [0.29, 0.717) is 0 Å². The van der Waals surface area contributed by atoms with E-state index >= 15 is 0 Å². The number of fused-ring (bicyclic) bond motifs is 1. The van der Waals surface area contributed by atoms with Gasteiger partial charge in [0, 0.05) is 25.4 Å². The molecule has 0 aliphatic carbocycles. The Morgan fingerprint density at radius 1 is 1.07 bits per heavy atom. The summed E-state index contributed by atoms with van der Waals surface area (Å²) < 4.78 is 7.03. The Labute approximate surface area is 178 Å². The van der Waals surface area contributed by atoms with E-state index in [9.17, 15) is 20.4 Å². The normalized spacial score (nSPS) is 15.1. The molecule has 0 aliphatic rings. The summed E-state index contributed by atoms with van der Waals surface area (Å²) in [5.74, 6) is 0.122. The second-order valence-electron chi connectivity index (χ2n) is 6.61. The van der Waals surface area contributed by atoms with E-state index in [0.717, 1.165) is 22.3 Å². The predicted molar refractivity (Wildman–Crippen MR) is 112 cm³/mol. The first-order valence-electron chi connectivity index (χ1n) is 9.26. The number of aliphatic hydroxyl groups is 5. The number of imidazole rings is 1. The predicted octanol–water partition coefficient (Wildman–Crippen LogP) is 1.09. The van der Waals surface area contributed by atoms with E-state index in [-0.39, 0.29) is 17.4 Å². The van der Waals surface area contributed by atoms with Crippen LogP contribution in [0.25, 0.3) is 22.3 Å². The van der Waals surface area contributed by atoms with Gasteiger partial charge in [0.15, 0.2) is 5.65 Å². The highest BCUT2D eigenvalue weighted by Crippen LogP contribution is 2.32. The number of ether oxygens (including phenoxy) is 1. The standard InChI is InChI=1S/C18H20ClN3O5.C2H6O/c1-9(23)15(24)16(25)18(26)27-14-4-3-10(5-12(14)19)11-6-13-17(20-7-11)22(2)8-21-13;1-2-3/h3-9,15-16,18,23-26H,1-2H3;3H,2H2,1H3. The Morgan fingerprint density at radius 2 is 1.73 bits per heavy atom. The van der Waals surface area contributed by atoms with Gasteiger partial charge in [-0.1, -0.05) is 17.7 Å². The number of nitrogens with zero attached hydrogens (tertiary/aromatic N) is 3. The van der Waals surface area contributed by atoms with Gasteiger partial charge in [0.2, 0.25) is 6.29 Å². The van der Waals surface area contributed by atoms with Crippen LogP contribution >= 0.6 is 11.6 Å². The second-order valence-corrected chi connectivity index (χ2v) is 7.02. The van der Waals surface area contributed by atoms with Crippen LogP contribution in [0.4, 0.5) is 0 Å². The molecule has 0 radical (unpaired) electrons. The summed E-state index contributed by atoms with van der Waals surface area (Å²) in [4.78, 5) is 8.65. The molecule has 164 valence electrons. The van der Waals surface area contributed by atoms with Gasteiger partial charge in [0.05, 0.1) is 17.5 Å². The molecule has 0 saturated heterocycles. The van der Waals surface area contributed by atoms with Gasteiger partial charge in [-0.3, -0.25) is 0 Å². The highest BCUT2D eigenvalue weighted by atomic mass is 35.5. The first kappa shape index (κ1) is 24.0. The van der Waals surface area contributed by atoms with E-state index < -0.39 is 24.6 Å². The Kier molecular flexibility index (Phi) is 8.54. The maximum absolute atomic E-state index is 9.90. The van der Waals surface area contributed by atoms with Crippen LogP contribution in [0, 0.1) is 0 Å². The van der Waals surface area contributed by atoms with E-state index in [2.05, 4.69) is 9.97 Å². The molecule has 3 rings (SSSR count). The Bertz CT molecular complexity index is 965.